The first-order chi connectivity index (χ1) is 10.3. The normalized spacial score (nSPS) is 15.0. The molecular formula is C19H22O2. The molecule has 0 heterocycles. The molecule has 0 aliphatic heterocycles. The first kappa shape index (κ1) is 14.3. The van der Waals surface area contributed by atoms with E-state index < -0.39 is 6.10 Å². The van der Waals surface area contributed by atoms with E-state index in [1.807, 2.05) is 24.3 Å². The summed E-state index contributed by atoms with van der Waals surface area (Å²) in [7, 11) is 1.69. The summed E-state index contributed by atoms with van der Waals surface area (Å²) in [6.45, 7) is 0.583. The number of rotatable bonds is 5. The molecule has 1 unspecified atom stereocenters. The third-order valence-electron chi connectivity index (χ3n) is 4.24. The molecule has 0 amide bonds. The van der Waals surface area contributed by atoms with Gasteiger partial charge in [0.25, 0.3) is 0 Å². The van der Waals surface area contributed by atoms with E-state index in [4.69, 9.17) is 4.74 Å². The Morgan fingerprint density at radius 1 is 1.05 bits per heavy atom. The van der Waals surface area contributed by atoms with Crippen molar-refractivity contribution in [2.45, 2.75) is 38.4 Å². The lowest BCUT2D eigenvalue weighted by Gasteiger charge is -2.13. The van der Waals surface area contributed by atoms with Gasteiger partial charge in [-0.3, -0.25) is 0 Å². The summed E-state index contributed by atoms with van der Waals surface area (Å²) in [6, 6.07) is 14.7. The van der Waals surface area contributed by atoms with Gasteiger partial charge in [0, 0.05) is 13.5 Å². The number of methoxy groups -OCH3 is 1. The largest absolute Gasteiger partial charge is 0.388 e. The Labute approximate surface area is 126 Å². The van der Waals surface area contributed by atoms with Crippen LogP contribution in [0.15, 0.2) is 42.5 Å². The third kappa shape index (κ3) is 3.34. The summed E-state index contributed by atoms with van der Waals surface area (Å²) in [5, 5.41) is 10.5. The van der Waals surface area contributed by atoms with Crippen molar-refractivity contribution in [1.29, 1.82) is 0 Å². The zero-order chi connectivity index (χ0) is 14.7. The van der Waals surface area contributed by atoms with Crippen molar-refractivity contribution in [3.63, 3.8) is 0 Å². The summed E-state index contributed by atoms with van der Waals surface area (Å²) >= 11 is 0. The van der Waals surface area contributed by atoms with E-state index in [9.17, 15) is 5.11 Å². The number of hydrogen-bond donors (Lipinski definition) is 1. The van der Waals surface area contributed by atoms with E-state index in [1.54, 1.807) is 7.11 Å². The molecule has 0 fully saturated rings. The molecule has 0 radical (unpaired) electrons. The standard InChI is InChI=1S/C19H22O2/c1-21-13-15-4-2-7-18(11-15)19(20)12-14-8-9-16-5-3-6-17(16)10-14/h2,4,7-11,19-20H,3,5-6,12-13H2,1H3. The van der Waals surface area contributed by atoms with Gasteiger partial charge in [-0.05, 0) is 47.1 Å². The van der Waals surface area contributed by atoms with Gasteiger partial charge in [-0.2, -0.15) is 0 Å². The van der Waals surface area contributed by atoms with Gasteiger partial charge < -0.3 is 9.84 Å². The third-order valence-corrected chi connectivity index (χ3v) is 4.24. The molecule has 0 aromatic heterocycles. The van der Waals surface area contributed by atoms with Crippen LogP contribution in [0.2, 0.25) is 0 Å². The summed E-state index contributed by atoms with van der Waals surface area (Å²) in [6.07, 6.45) is 3.87. The molecule has 2 nitrogen and oxygen atoms in total. The molecule has 2 heteroatoms. The lowest BCUT2D eigenvalue weighted by Crippen LogP contribution is -2.03. The van der Waals surface area contributed by atoms with Crippen molar-refractivity contribution in [2.75, 3.05) is 7.11 Å². The molecule has 1 aliphatic rings. The zero-order valence-electron chi connectivity index (χ0n) is 12.5. The number of aryl methyl sites for hydroxylation is 2. The number of fused-ring (bicyclic) bond motifs is 1. The van der Waals surface area contributed by atoms with Crippen molar-refractivity contribution in [1.82, 2.24) is 0 Å². The van der Waals surface area contributed by atoms with Crippen LogP contribution in [-0.2, 0) is 30.6 Å². The van der Waals surface area contributed by atoms with Crippen LogP contribution < -0.4 is 0 Å². The van der Waals surface area contributed by atoms with Crippen molar-refractivity contribution in [3.8, 4) is 0 Å². The Bertz CT molecular complexity index is 619. The van der Waals surface area contributed by atoms with Crippen LogP contribution in [-0.4, -0.2) is 12.2 Å². The molecule has 0 saturated heterocycles. The SMILES string of the molecule is COCc1cccc(C(O)Cc2ccc3c(c2)CCC3)c1. The second-order valence-corrected chi connectivity index (χ2v) is 5.85. The molecule has 2 aromatic rings. The van der Waals surface area contributed by atoms with Gasteiger partial charge in [0.1, 0.15) is 0 Å². The van der Waals surface area contributed by atoms with Crippen LogP contribution in [0.3, 0.4) is 0 Å². The second kappa shape index (κ2) is 6.42. The van der Waals surface area contributed by atoms with Crippen LogP contribution in [0.1, 0.15) is 40.3 Å². The summed E-state index contributed by atoms with van der Waals surface area (Å²) in [5.74, 6) is 0. The summed E-state index contributed by atoms with van der Waals surface area (Å²) < 4.78 is 5.15. The van der Waals surface area contributed by atoms with Crippen molar-refractivity contribution in [3.05, 3.63) is 70.3 Å². The van der Waals surface area contributed by atoms with Gasteiger partial charge in [-0.1, -0.05) is 42.5 Å². The van der Waals surface area contributed by atoms with Gasteiger partial charge in [0.2, 0.25) is 0 Å². The van der Waals surface area contributed by atoms with Gasteiger partial charge in [0.05, 0.1) is 12.7 Å². The highest BCUT2D eigenvalue weighted by molar-refractivity contribution is 5.36. The molecule has 3 rings (SSSR count). The summed E-state index contributed by atoms with van der Waals surface area (Å²) in [5.41, 5.74) is 6.23. The minimum absolute atomic E-state index is 0.457. The Kier molecular flexibility index (Phi) is 4.37. The number of ether oxygens (including phenoxy) is 1. The lowest BCUT2D eigenvalue weighted by atomic mass is 9.97. The average Bonchev–Trinajstić information content (AvgIpc) is 2.95. The lowest BCUT2D eigenvalue weighted by molar-refractivity contribution is 0.175. The minimum atomic E-state index is -0.457. The van der Waals surface area contributed by atoms with Crippen LogP contribution in [0.4, 0.5) is 0 Å². The monoisotopic (exact) mass is 282 g/mol. The fourth-order valence-corrected chi connectivity index (χ4v) is 3.15. The number of benzene rings is 2. The molecular weight excluding hydrogens is 260 g/mol. The maximum Gasteiger partial charge on any atom is 0.0830 e. The summed E-state index contributed by atoms with van der Waals surface area (Å²) in [4.78, 5) is 0. The topological polar surface area (TPSA) is 29.5 Å². The Morgan fingerprint density at radius 3 is 2.76 bits per heavy atom. The van der Waals surface area contributed by atoms with Crippen LogP contribution in [0, 0.1) is 0 Å². The predicted octanol–water partition coefficient (Wildman–Crippen LogP) is 3.60. The minimum Gasteiger partial charge on any atom is -0.388 e. The average molecular weight is 282 g/mol. The second-order valence-electron chi connectivity index (χ2n) is 5.85. The maximum atomic E-state index is 10.5. The highest BCUT2D eigenvalue weighted by atomic mass is 16.5. The Morgan fingerprint density at radius 2 is 1.90 bits per heavy atom. The van der Waals surface area contributed by atoms with E-state index in [1.165, 1.54) is 36.0 Å². The Balaban J connectivity index is 1.73. The molecule has 1 N–H and O–H groups in total. The van der Waals surface area contributed by atoms with Crippen molar-refractivity contribution in [2.24, 2.45) is 0 Å². The molecule has 0 bridgehead atoms. The first-order valence-electron chi connectivity index (χ1n) is 7.63. The molecule has 1 aliphatic carbocycles. The van der Waals surface area contributed by atoms with Crippen LogP contribution in [0.25, 0.3) is 0 Å². The number of aliphatic hydroxyl groups is 1. The molecule has 0 saturated carbocycles. The van der Waals surface area contributed by atoms with Gasteiger partial charge in [-0.15, -0.1) is 0 Å². The van der Waals surface area contributed by atoms with Crippen LogP contribution in [0.5, 0.6) is 0 Å². The van der Waals surface area contributed by atoms with Gasteiger partial charge in [-0.25, -0.2) is 0 Å². The zero-order valence-corrected chi connectivity index (χ0v) is 12.5. The number of hydrogen-bond acceptors (Lipinski definition) is 2. The smallest absolute Gasteiger partial charge is 0.0830 e. The quantitative estimate of drug-likeness (QED) is 0.908. The highest BCUT2D eigenvalue weighted by Gasteiger charge is 2.13. The van der Waals surface area contributed by atoms with E-state index in [2.05, 4.69) is 18.2 Å². The molecule has 2 aromatic carbocycles. The highest BCUT2D eigenvalue weighted by Crippen LogP contribution is 2.26. The molecule has 110 valence electrons. The maximum absolute atomic E-state index is 10.5. The fourth-order valence-electron chi connectivity index (χ4n) is 3.15. The van der Waals surface area contributed by atoms with Gasteiger partial charge in [0.15, 0.2) is 0 Å². The van der Waals surface area contributed by atoms with E-state index in [0.717, 1.165) is 11.1 Å². The Hall–Kier alpha value is -1.64. The predicted molar refractivity (Wildman–Crippen MR) is 84.3 cm³/mol. The van der Waals surface area contributed by atoms with Crippen LogP contribution >= 0.6 is 0 Å². The van der Waals surface area contributed by atoms with E-state index >= 15 is 0 Å². The van der Waals surface area contributed by atoms with Crippen molar-refractivity contribution < 1.29 is 9.84 Å². The first-order valence-corrected chi connectivity index (χ1v) is 7.63. The van der Waals surface area contributed by atoms with Crippen molar-refractivity contribution >= 4 is 0 Å². The van der Waals surface area contributed by atoms with E-state index in [-0.39, 0.29) is 0 Å². The number of aliphatic hydroxyl groups excluding tert-OH is 1. The molecule has 1 atom stereocenters. The molecule has 0 spiro atoms. The van der Waals surface area contributed by atoms with Gasteiger partial charge >= 0.3 is 0 Å². The fraction of sp³-hybridized carbons (Fsp3) is 0.368. The molecule has 21 heavy (non-hydrogen) atoms. The van der Waals surface area contributed by atoms with E-state index in [0.29, 0.717) is 13.0 Å².